The average Bonchev–Trinajstić information content (AvgIpc) is 2.86. The van der Waals surface area contributed by atoms with Crippen LogP contribution in [0, 0.1) is 0 Å². The van der Waals surface area contributed by atoms with Crippen molar-refractivity contribution >= 4 is 23.3 Å². The Morgan fingerprint density at radius 3 is 2.41 bits per heavy atom. The molecule has 1 amide bonds. The number of rotatable bonds is 8. The Morgan fingerprint density at radius 2 is 1.74 bits per heavy atom. The zero-order valence-corrected chi connectivity index (χ0v) is 20.3. The van der Waals surface area contributed by atoms with E-state index in [0.717, 1.165) is 28.2 Å². The van der Waals surface area contributed by atoms with E-state index >= 15 is 0 Å². The van der Waals surface area contributed by atoms with Crippen LogP contribution in [0.3, 0.4) is 0 Å². The molecule has 0 atom stereocenters. The summed E-state index contributed by atoms with van der Waals surface area (Å²) in [4.78, 5) is 26.3. The molecule has 1 aromatic heterocycles. The number of hydrogen-bond acceptors (Lipinski definition) is 6. The Labute approximate surface area is 205 Å². The molecule has 178 valence electrons. The summed E-state index contributed by atoms with van der Waals surface area (Å²) in [5, 5.41) is 0.694. The van der Waals surface area contributed by atoms with Gasteiger partial charge in [0.1, 0.15) is 12.4 Å². The van der Waals surface area contributed by atoms with Gasteiger partial charge in [0.05, 0.1) is 12.3 Å². The minimum atomic E-state index is 0.00837. The topological polar surface area (TPSA) is 67.8 Å². The minimum absolute atomic E-state index is 0.00837. The molecule has 2 aromatic carbocycles. The summed E-state index contributed by atoms with van der Waals surface area (Å²) < 4.78 is 10.6. The Morgan fingerprint density at radius 1 is 0.971 bits per heavy atom. The molecule has 1 aliphatic heterocycles. The summed E-state index contributed by atoms with van der Waals surface area (Å²) in [5.41, 5.74) is 3.89. The summed E-state index contributed by atoms with van der Waals surface area (Å²) >= 11 is 6.26. The first-order chi connectivity index (χ1) is 16.6. The smallest absolute Gasteiger partial charge is 0.248 e. The zero-order chi connectivity index (χ0) is 23.9. The molecule has 0 radical (unpaired) electrons. The lowest BCUT2D eigenvalue weighted by Gasteiger charge is -2.36. The predicted molar refractivity (Wildman–Crippen MR) is 133 cm³/mol. The van der Waals surface area contributed by atoms with Crippen molar-refractivity contribution in [1.82, 2.24) is 14.9 Å². The van der Waals surface area contributed by atoms with Crippen LogP contribution in [-0.4, -0.2) is 67.8 Å². The van der Waals surface area contributed by atoms with E-state index in [1.54, 1.807) is 14.2 Å². The van der Waals surface area contributed by atoms with Crippen LogP contribution in [-0.2, 0) is 27.3 Å². The highest BCUT2D eigenvalue weighted by molar-refractivity contribution is 6.30. The van der Waals surface area contributed by atoms with E-state index in [4.69, 9.17) is 31.0 Å². The summed E-state index contributed by atoms with van der Waals surface area (Å²) in [7, 11) is 3.22. The third kappa shape index (κ3) is 5.73. The first kappa shape index (κ1) is 24.1. The van der Waals surface area contributed by atoms with Crippen LogP contribution in [0.5, 0.6) is 0 Å². The van der Waals surface area contributed by atoms with E-state index in [2.05, 4.69) is 11.0 Å². The summed E-state index contributed by atoms with van der Waals surface area (Å²) in [6.07, 6.45) is 0.631. The van der Waals surface area contributed by atoms with E-state index < -0.39 is 0 Å². The maximum absolute atomic E-state index is 12.3. The van der Waals surface area contributed by atoms with Crippen LogP contribution in [0.15, 0.2) is 54.6 Å². The molecule has 1 aliphatic rings. The molecule has 0 unspecified atom stereocenters. The molecule has 1 fully saturated rings. The quantitative estimate of drug-likeness (QED) is 0.488. The Hall–Kier alpha value is -3.00. The normalized spacial score (nSPS) is 13.9. The second-order valence-electron chi connectivity index (χ2n) is 8.20. The number of nitrogens with zero attached hydrogens (tertiary/aromatic N) is 4. The number of benzene rings is 2. The van der Waals surface area contributed by atoms with E-state index in [-0.39, 0.29) is 12.5 Å². The summed E-state index contributed by atoms with van der Waals surface area (Å²) in [6.45, 7) is 3.05. The van der Waals surface area contributed by atoms with Gasteiger partial charge < -0.3 is 19.3 Å². The Balaban J connectivity index is 1.73. The van der Waals surface area contributed by atoms with E-state index in [9.17, 15) is 4.79 Å². The van der Waals surface area contributed by atoms with E-state index in [1.807, 2.05) is 53.4 Å². The lowest BCUT2D eigenvalue weighted by Crippen LogP contribution is -2.50. The third-order valence-corrected chi connectivity index (χ3v) is 6.09. The van der Waals surface area contributed by atoms with Gasteiger partial charge in [-0.05, 0) is 17.7 Å². The largest absolute Gasteiger partial charge is 0.378 e. The lowest BCUT2D eigenvalue weighted by molar-refractivity contribution is -0.135. The van der Waals surface area contributed by atoms with Gasteiger partial charge in [-0.15, -0.1) is 0 Å². The van der Waals surface area contributed by atoms with Crippen LogP contribution in [0.2, 0.25) is 5.02 Å². The molecule has 0 saturated carbocycles. The van der Waals surface area contributed by atoms with Crippen molar-refractivity contribution < 1.29 is 14.3 Å². The fourth-order valence-electron chi connectivity index (χ4n) is 4.17. The molecule has 3 aromatic rings. The number of aromatic nitrogens is 2. The van der Waals surface area contributed by atoms with Crippen LogP contribution < -0.4 is 4.90 Å². The molecular weight excluding hydrogens is 452 g/mol. The van der Waals surface area contributed by atoms with Crippen molar-refractivity contribution in [3.05, 3.63) is 76.4 Å². The number of methoxy groups -OCH3 is 2. The van der Waals surface area contributed by atoms with Crippen LogP contribution in [0.1, 0.15) is 16.8 Å². The van der Waals surface area contributed by atoms with Crippen molar-refractivity contribution in [1.29, 1.82) is 0 Å². The maximum atomic E-state index is 12.3. The molecule has 4 rings (SSSR count). The average molecular weight is 481 g/mol. The van der Waals surface area contributed by atoms with Crippen LogP contribution >= 0.6 is 11.6 Å². The molecule has 34 heavy (non-hydrogen) atoms. The van der Waals surface area contributed by atoms with Gasteiger partial charge in [0, 0.05) is 63.0 Å². The van der Waals surface area contributed by atoms with Crippen LogP contribution in [0.4, 0.5) is 5.82 Å². The molecule has 0 aliphatic carbocycles. The molecular formula is C26H29ClN4O3. The number of ether oxygens (including phenoxy) is 2. The zero-order valence-electron chi connectivity index (χ0n) is 19.5. The molecule has 8 heteroatoms. The van der Waals surface area contributed by atoms with Gasteiger partial charge in [-0.25, -0.2) is 9.97 Å². The summed E-state index contributed by atoms with van der Waals surface area (Å²) in [5.74, 6) is 1.55. The van der Waals surface area contributed by atoms with Crippen molar-refractivity contribution in [2.24, 2.45) is 0 Å². The van der Waals surface area contributed by atoms with Gasteiger partial charge >= 0.3 is 0 Å². The molecule has 7 nitrogen and oxygen atoms in total. The van der Waals surface area contributed by atoms with Gasteiger partial charge in [-0.1, -0.05) is 54.1 Å². The second kappa shape index (κ2) is 11.4. The van der Waals surface area contributed by atoms with Crippen molar-refractivity contribution in [3.63, 3.8) is 0 Å². The SMILES string of the molecule is COCC(=O)N1CCN(c2nc(-c3ccccc3)nc(COC)c2Cc2cccc(Cl)c2)CC1. The van der Waals surface area contributed by atoms with Gasteiger partial charge in [0.15, 0.2) is 5.82 Å². The fourth-order valence-corrected chi connectivity index (χ4v) is 4.38. The fraction of sp³-hybridized carbons (Fsp3) is 0.346. The van der Waals surface area contributed by atoms with Gasteiger partial charge in [-0.2, -0.15) is 0 Å². The minimum Gasteiger partial charge on any atom is -0.378 e. The lowest BCUT2D eigenvalue weighted by atomic mass is 10.0. The van der Waals surface area contributed by atoms with Crippen LogP contribution in [0.25, 0.3) is 11.4 Å². The number of halogens is 1. The monoisotopic (exact) mass is 480 g/mol. The first-order valence-electron chi connectivity index (χ1n) is 11.3. The second-order valence-corrected chi connectivity index (χ2v) is 8.64. The molecule has 0 spiro atoms. The Bertz CT molecular complexity index is 1120. The predicted octanol–water partition coefficient (Wildman–Crippen LogP) is 3.83. The number of piperazine rings is 1. The van der Waals surface area contributed by atoms with E-state index in [0.29, 0.717) is 50.1 Å². The van der Waals surface area contributed by atoms with Gasteiger partial charge in [0.2, 0.25) is 5.91 Å². The van der Waals surface area contributed by atoms with Crippen molar-refractivity contribution in [2.45, 2.75) is 13.0 Å². The van der Waals surface area contributed by atoms with Gasteiger partial charge in [-0.3, -0.25) is 4.79 Å². The molecule has 0 N–H and O–H groups in total. The molecule has 2 heterocycles. The molecule has 1 saturated heterocycles. The molecule has 0 bridgehead atoms. The Kier molecular flexibility index (Phi) is 8.11. The standard InChI is InChI=1S/C26H29ClN4O3/c1-33-17-23-22(16-19-7-6-10-21(27)15-19)26(29-25(28-23)20-8-4-3-5-9-20)31-13-11-30(12-14-31)24(32)18-34-2/h3-10,15H,11-14,16-18H2,1-2H3. The number of anilines is 1. The highest BCUT2D eigenvalue weighted by Crippen LogP contribution is 2.29. The highest BCUT2D eigenvalue weighted by Gasteiger charge is 2.26. The highest BCUT2D eigenvalue weighted by atomic mass is 35.5. The first-order valence-corrected chi connectivity index (χ1v) is 11.7. The third-order valence-electron chi connectivity index (χ3n) is 5.85. The number of amides is 1. The van der Waals surface area contributed by atoms with E-state index in [1.165, 1.54) is 0 Å². The number of carbonyl (C=O) groups is 1. The van der Waals surface area contributed by atoms with Crippen molar-refractivity contribution in [3.8, 4) is 11.4 Å². The number of carbonyl (C=O) groups excluding carboxylic acids is 1. The van der Waals surface area contributed by atoms with Gasteiger partial charge in [0.25, 0.3) is 0 Å². The van der Waals surface area contributed by atoms with Crippen molar-refractivity contribution in [2.75, 3.05) is 51.9 Å². The summed E-state index contributed by atoms with van der Waals surface area (Å²) in [6, 6.07) is 17.8. The maximum Gasteiger partial charge on any atom is 0.248 e. The number of hydrogen-bond donors (Lipinski definition) is 0.